The molecular formula is C18H21N3O3. The van der Waals surface area contributed by atoms with Crippen molar-refractivity contribution in [3.8, 4) is 0 Å². The number of ketones is 1. The van der Waals surface area contributed by atoms with Gasteiger partial charge >= 0.3 is 6.09 Å². The van der Waals surface area contributed by atoms with Gasteiger partial charge in [0.25, 0.3) is 0 Å². The fourth-order valence-electron chi connectivity index (χ4n) is 2.02. The van der Waals surface area contributed by atoms with Crippen molar-refractivity contribution in [3.05, 3.63) is 54.1 Å². The molecule has 1 unspecified atom stereocenters. The largest absolute Gasteiger partial charge is 0.444 e. The van der Waals surface area contributed by atoms with E-state index in [2.05, 4.69) is 15.3 Å². The lowest BCUT2D eigenvalue weighted by Crippen LogP contribution is -2.27. The summed E-state index contributed by atoms with van der Waals surface area (Å²) in [6.07, 6.45) is 2.52. The first-order valence-electron chi connectivity index (χ1n) is 7.67. The van der Waals surface area contributed by atoms with Gasteiger partial charge in [-0.1, -0.05) is 6.07 Å². The van der Waals surface area contributed by atoms with E-state index in [9.17, 15) is 9.59 Å². The van der Waals surface area contributed by atoms with Crippen molar-refractivity contribution in [1.29, 1.82) is 0 Å². The van der Waals surface area contributed by atoms with E-state index < -0.39 is 11.7 Å². The van der Waals surface area contributed by atoms with Gasteiger partial charge in [0.15, 0.2) is 5.78 Å². The van der Waals surface area contributed by atoms with Crippen LogP contribution in [0.4, 0.5) is 10.5 Å². The second kappa shape index (κ2) is 7.21. The molecule has 6 nitrogen and oxygen atoms in total. The van der Waals surface area contributed by atoms with E-state index in [1.165, 1.54) is 6.20 Å². The minimum absolute atomic E-state index is 0.127. The maximum atomic E-state index is 12.5. The van der Waals surface area contributed by atoms with Crippen molar-refractivity contribution in [2.24, 2.45) is 0 Å². The van der Waals surface area contributed by atoms with E-state index in [1.807, 2.05) is 6.07 Å². The Morgan fingerprint density at radius 1 is 1.12 bits per heavy atom. The van der Waals surface area contributed by atoms with E-state index in [1.54, 1.807) is 58.2 Å². The summed E-state index contributed by atoms with van der Waals surface area (Å²) < 4.78 is 5.16. The predicted molar refractivity (Wildman–Crippen MR) is 91.1 cm³/mol. The number of anilines is 1. The fourth-order valence-corrected chi connectivity index (χ4v) is 2.02. The number of nitrogens with zero attached hydrogens (tertiary/aromatic N) is 2. The number of hydrogen-bond acceptors (Lipinski definition) is 5. The highest BCUT2D eigenvalue weighted by Crippen LogP contribution is 2.18. The topological polar surface area (TPSA) is 81.2 Å². The third-order valence-corrected chi connectivity index (χ3v) is 3.19. The van der Waals surface area contributed by atoms with Crippen LogP contribution >= 0.6 is 0 Å². The Kier molecular flexibility index (Phi) is 5.28. The first-order chi connectivity index (χ1) is 11.3. The van der Waals surface area contributed by atoms with Crippen LogP contribution in [0.1, 0.15) is 49.8 Å². The molecule has 0 spiro atoms. The van der Waals surface area contributed by atoms with Gasteiger partial charge in [-0.25, -0.2) is 4.79 Å². The van der Waals surface area contributed by atoms with Crippen LogP contribution in [0.3, 0.4) is 0 Å². The highest BCUT2D eigenvalue weighted by molar-refractivity contribution is 5.99. The van der Waals surface area contributed by atoms with E-state index >= 15 is 0 Å². The number of carbonyl (C=O) groups excluding carboxylic acids is 2. The number of nitrogens with one attached hydrogen (secondary N) is 1. The lowest BCUT2D eigenvalue weighted by molar-refractivity contribution is 0.0635. The summed E-state index contributed by atoms with van der Waals surface area (Å²) >= 11 is 0. The Balaban J connectivity index is 2.04. The molecule has 0 aliphatic carbocycles. The van der Waals surface area contributed by atoms with Gasteiger partial charge < -0.3 is 4.74 Å². The van der Waals surface area contributed by atoms with Crippen LogP contribution in [-0.4, -0.2) is 27.4 Å². The second-order valence-corrected chi connectivity index (χ2v) is 6.40. The normalized spacial score (nSPS) is 12.3. The van der Waals surface area contributed by atoms with E-state index in [4.69, 9.17) is 4.74 Å². The van der Waals surface area contributed by atoms with Crippen LogP contribution in [0.15, 0.2) is 42.7 Å². The maximum Gasteiger partial charge on any atom is 0.412 e. The number of hydrogen-bond donors (Lipinski definition) is 1. The molecule has 6 heteroatoms. The smallest absolute Gasteiger partial charge is 0.412 e. The van der Waals surface area contributed by atoms with Gasteiger partial charge in [-0.15, -0.1) is 0 Å². The van der Waals surface area contributed by atoms with Crippen LogP contribution in [0.2, 0.25) is 0 Å². The Morgan fingerprint density at radius 3 is 2.42 bits per heavy atom. The molecule has 1 atom stereocenters. The van der Waals surface area contributed by atoms with Gasteiger partial charge in [0.05, 0.1) is 23.5 Å². The summed E-state index contributed by atoms with van der Waals surface area (Å²) in [5.74, 6) is -0.513. The molecule has 2 aromatic heterocycles. The van der Waals surface area contributed by atoms with Crippen molar-refractivity contribution in [3.63, 3.8) is 0 Å². The van der Waals surface area contributed by atoms with Crippen LogP contribution in [0, 0.1) is 0 Å². The molecule has 24 heavy (non-hydrogen) atoms. The lowest BCUT2D eigenvalue weighted by atomic mass is 9.99. The molecule has 0 aliphatic rings. The van der Waals surface area contributed by atoms with Crippen molar-refractivity contribution in [2.75, 3.05) is 5.32 Å². The van der Waals surface area contributed by atoms with Crippen molar-refractivity contribution < 1.29 is 14.3 Å². The molecule has 2 aromatic rings. The number of Topliss-reactive ketones (excluding diaryl/α,β-unsaturated/α-hetero) is 1. The zero-order chi connectivity index (χ0) is 17.7. The van der Waals surface area contributed by atoms with Gasteiger partial charge in [0, 0.05) is 6.20 Å². The van der Waals surface area contributed by atoms with Gasteiger partial charge in [-0.3, -0.25) is 20.1 Å². The van der Waals surface area contributed by atoms with E-state index in [0.29, 0.717) is 17.1 Å². The molecule has 0 aromatic carbocycles. The van der Waals surface area contributed by atoms with Crippen LogP contribution in [-0.2, 0) is 4.74 Å². The highest BCUT2D eigenvalue weighted by atomic mass is 16.6. The Hall–Kier alpha value is -2.76. The van der Waals surface area contributed by atoms with Crippen LogP contribution < -0.4 is 5.32 Å². The summed E-state index contributed by atoms with van der Waals surface area (Å²) in [5.41, 5.74) is 0.903. The van der Waals surface area contributed by atoms with Gasteiger partial charge in [-0.05, 0) is 52.0 Å². The zero-order valence-electron chi connectivity index (χ0n) is 14.2. The Labute approximate surface area is 141 Å². The van der Waals surface area contributed by atoms with Crippen LogP contribution in [0.5, 0.6) is 0 Å². The summed E-state index contributed by atoms with van der Waals surface area (Å²) in [7, 11) is 0. The maximum absolute atomic E-state index is 12.5. The van der Waals surface area contributed by atoms with E-state index in [-0.39, 0.29) is 11.7 Å². The van der Waals surface area contributed by atoms with Gasteiger partial charge in [0.1, 0.15) is 11.3 Å². The van der Waals surface area contributed by atoms with Crippen molar-refractivity contribution >= 4 is 17.6 Å². The SMILES string of the molecule is CC(C(=O)c1ccc(NC(=O)OC(C)(C)C)cn1)c1ccccn1. The molecule has 0 fully saturated rings. The standard InChI is InChI=1S/C18H21N3O3/c1-12(14-7-5-6-10-19-14)16(22)15-9-8-13(11-20-15)21-17(23)24-18(2,3)4/h5-12H,1-4H3,(H,21,23). The van der Waals surface area contributed by atoms with Crippen molar-refractivity contribution in [1.82, 2.24) is 9.97 Å². The highest BCUT2D eigenvalue weighted by Gasteiger charge is 2.20. The third kappa shape index (κ3) is 4.87. The Bertz CT molecular complexity index is 707. The number of carbonyl (C=O) groups is 2. The van der Waals surface area contributed by atoms with Crippen LogP contribution in [0.25, 0.3) is 0 Å². The molecular weight excluding hydrogens is 306 g/mol. The lowest BCUT2D eigenvalue weighted by Gasteiger charge is -2.19. The molecule has 1 amide bonds. The number of pyridine rings is 2. The molecule has 126 valence electrons. The number of aromatic nitrogens is 2. The molecule has 0 radical (unpaired) electrons. The van der Waals surface area contributed by atoms with Gasteiger partial charge in [0.2, 0.25) is 0 Å². The molecule has 0 bridgehead atoms. The molecule has 0 saturated carbocycles. The quantitative estimate of drug-likeness (QED) is 0.864. The number of rotatable bonds is 4. The summed E-state index contributed by atoms with van der Waals surface area (Å²) in [4.78, 5) is 32.5. The zero-order valence-corrected chi connectivity index (χ0v) is 14.2. The minimum atomic E-state index is -0.578. The second-order valence-electron chi connectivity index (χ2n) is 6.40. The summed E-state index contributed by atoms with van der Waals surface area (Å²) in [5, 5.41) is 2.58. The van der Waals surface area contributed by atoms with E-state index in [0.717, 1.165) is 0 Å². The summed E-state index contributed by atoms with van der Waals surface area (Å²) in [6, 6.07) is 8.65. The Morgan fingerprint density at radius 2 is 1.88 bits per heavy atom. The number of amides is 1. The number of ether oxygens (including phenoxy) is 1. The molecule has 2 rings (SSSR count). The van der Waals surface area contributed by atoms with Gasteiger partial charge in [-0.2, -0.15) is 0 Å². The third-order valence-electron chi connectivity index (χ3n) is 3.19. The average molecular weight is 327 g/mol. The molecule has 1 N–H and O–H groups in total. The first kappa shape index (κ1) is 17.6. The summed E-state index contributed by atoms with van der Waals surface area (Å²) in [6.45, 7) is 7.14. The average Bonchev–Trinajstić information content (AvgIpc) is 2.53. The fraction of sp³-hybridized carbons (Fsp3) is 0.333. The molecule has 0 saturated heterocycles. The molecule has 2 heterocycles. The molecule has 0 aliphatic heterocycles. The monoisotopic (exact) mass is 327 g/mol. The van der Waals surface area contributed by atoms with Crippen molar-refractivity contribution in [2.45, 2.75) is 39.2 Å². The predicted octanol–water partition coefficient (Wildman–Crippen LogP) is 3.81. The minimum Gasteiger partial charge on any atom is -0.444 e. The first-order valence-corrected chi connectivity index (χ1v) is 7.67.